The van der Waals surface area contributed by atoms with Crippen LogP contribution in [-0.2, 0) is 9.53 Å². The lowest BCUT2D eigenvalue weighted by Gasteiger charge is -2.29. The highest BCUT2D eigenvalue weighted by molar-refractivity contribution is 5.82. The lowest BCUT2D eigenvalue weighted by molar-refractivity contribution is -0.159. The van der Waals surface area contributed by atoms with Crippen molar-refractivity contribution in [3.63, 3.8) is 0 Å². The molecule has 0 amide bonds. The molecule has 2 aromatic heterocycles. The zero-order chi connectivity index (χ0) is 18.4. The highest BCUT2D eigenvalue weighted by Gasteiger charge is 2.93. The maximum Gasteiger partial charge on any atom is 0.169 e. The molecular formula is C15H19N5O5. The molecule has 1 aliphatic carbocycles. The average molecular weight is 349 g/mol. The van der Waals surface area contributed by atoms with Crippen molar-refractivity contribution in [2.24, 2.45) is 5.41 Å². The van der Waals surface area contributed by atoms with Crippen molar-refractivity contribution >= 4 is 22.8 Å². The van der Waals surface area contributed by atoms with Gasteiger partial charge < -0.3 is 25.8 Å². The molecule has 10 nitrogen and oxygen atoms in total. The number of hydrogen-bond donors (Lipinski definition) is 4. The second-order valence-electron chi connectivity index (χ2n) is 7.21. The number of ether oxygens (including phenoxy) is 1. The van der Waals surface area contributed by atoms with Gasteiger partial charge in [0, 0.05) is 5.41 Å². The summed E-state index contributed by atoms with van der Waals surface area (Å²) in [6, 6.07) is 0. The Morgan fingerprint density at radius 2 is 2.00 bits per heavy atom. The molecule has 2 aliphatic rings. The predicted molar refractivity (Wildman–Crippen MR) is 84.0 cm³/mol. The van der Waals surface area contributed by atoms with Crippen LogP contribution in [0.5, 0.6) is 0 Å². The first kappa shape index (κ1) is 16.3. The summed E-state index contributed by atoms with van der Waals surface area (Å²) in [7, 11) is 0. The van der Waals surface area contributed by atoms with Crippen LogP contribution in [0.4, 0.5) is 5.82 Å². The monoisotopic (exact) mass is 349 g/mol. The average Bonchev–Trinajstić information content (AvgIpc) is 2.93. The molecule has 2 fully saturated rings. The number of anilines is 1. The maximum atomic E-state index is 11.6. The first-order chi connectivity index (χ1) is 11.6. The first-order valence-electron chi connectivity index (χ1n) is 7.80. The van der Waals surface area contributed by atoms with Crippen molar-refractivity contribution in [3.8, 4) is 0 Å². The number of hydrogen-bond acceptors (Lipinski definition) is 9. The van der Waals surface area contributed by atoms with Crippen LogP contribution >= 0.6 is 0 Å². The molecule has 0 radical (unpaired) electrons. The summed E-state index contributed by atoms with van der Waals surface area (Å²) in [4.78, 5) is 23.7. The molecule has 4 rings (SSSR count). The van der Waals surface area contributed by atoms with Crippen LogP contribution in [0.2, 0.25) is 0 Å². The van der Waals surface area contributed by atoms with E-state index in [2.05, 4.69) is 15.0 Å². The van der Waals surface area contributed by atoms with Crippen molar-refractivity contribution < 1.29 is 24.9 Å². The molecule has 2 aromatic rings. The molecule has 3 heterocycles. The number of aliphatic hydroxyl groups excluding tert-OH is 1. The van der Waals surface area contributed by atoms with Crippen LogP contribution in [0.1, 0.15) is 27.0 Å². The fourth-order valence-corrected chi connectivity index (χ4v) is 4.13. The third-order valence-corrected chi connectivity index (χ3v) is 5.81. The Morgan fingerprint density at radius 1 is 1.32 bits per heavy atom. The number of Topliss-reactive ketones (excluding diaryl/α,β-unsaturated/α-hetero) is 1. The quantitative estimate of drug-likeness (QED) is 0.532. The molecule has 1 saturated heterocycles. The molecule has 0 spiro atoms. The van der Waals surface area contributed by atoms with Crippen molar-refractivity contribution in [2.75, 3.05) is 5.73 Å². The van der Waals surface area contributed by atoms with E-state index in [1.54, 1.807) is 13.8 Å². The van der Waals surface area contributed by atoms with Gasteiger partial charge in [-0.25, -0.2) is 15.0 Å². The second kappa shape index (κ2) is 4.52. The van der Waals surface area contributed by atoms with Crippen LogP contribution < -0.4 is 5.73 Å². The van der Waals surface area contributed by atoms with Gasteiger partial charge in [0.15, 0.2) is 23.5 Å². The van der Waals surface area contributed by atoms with E-state index in [1.807, 2.05) is 0 Å². The number of ketones is 1. The topological polar surface area (TPSA) is 157 Å². The Hall–Kier alpha value is -2.14. The lowest BCUT2D eigenvalue weighted by Crippen LogP contribution is -2.45. The Kier molecular flexibility index (Phi) is 2.96. The normalized spacial score (nSPS) is 37.0. The van der Waals surface area contributed by atoms with Gasteiger partial charge in [0.25, 0.3) is 0 Å². The van der Waals surface area contributed by atoms with Gasteiger partial charge in [0.1, 0.15) is 35.3 Å². The summed E-state index contributed by atoms with van der Waals surface area (Å²) in [5.74, 6) is -0.398. The number of rotatable bonds is 3. The van der Waals surface area contributed by atoms with Crippen LogP contribution in [0.15, 0.2) is 12.7 Å². The fraction of sp³-hybridized carbons (Fsp3) is 0.600. The highest BCUT2D eigenvalue weighted by Crippen LogP contribution is 2.75. The molecule has 1 unspecified atom stereocenters. The molecule has 5 N–H and O–H groups in total. The van der Waals surface area contributed by atoms with Gasteiger partial charge in [-0.3, -0.25) is 9.36 Å². The van der Waals surface area contributed by atoms with E-state index in [0.717, 1.165) is 0 Å². The van der Waals surface area contributed by atoms with Crippen LogP contribution in [0.25, 0.3) is 11.2 Å². The molecule has 0 aromatic carbocycles. The van der Waals surface area contributed by atoms with Crippen LogP contribution in [0, 0.1) is 5.41 Å². The van der Waals surface area contributed by atoms with E-state index in [-0.39, 0.29) is 5.82 Å². The number of nitrogens with zero attached hydrogens (tertiary/aromatic N) is 4. The highest BCUT2D eigenvalue weighted by atomic mass is 16.6. The minimum atomic E-state index is -1.80. The van der Waals surface area contributed by atoms with Gasteiger partial charge >= 0.3 is 0 Å². The Bertz CT molecular complexity index is 898. The number of imidazole rings is 1. The summed E-state index contributed by atoms with van der Waals surface area (Å²) in [6.07, 6.45) is -1.34. The number of aliphatic hydroxyl groups is 3. The largest absolute Gasteiger partial charge is 0.383 e. The number of aromatic nitrogens is 4. The number of nitrogen functional groups attached to an aromatic ring is 1. The number of fused-ring (bicyclic) bond motifs is 2. The van der Waals surface area contributed by atoms with Gasteiger partial charge in [0.2, 0.25) is 0 Å². The lowest BCUT2D eigenvalue weighted by atomic mass is 9.96. The third kappa shape index (κ3) is 1.58. The van der Waals surface area contributed by atoms with E-state index < -0.39 is 40.8 Å². The summed E-state index contributed by atoms with van der Waals surface area (Å²) in [5.41, 5.74) is 1.85. The smallest absolute Gasteiger partial charge is 0.169 e. The Balaban J connectivity index is 1.86. The predicted octanol–water partition coefficient (Wildman–Crippen LogP) is -1.24. The SMILES string of the molecule is CC(=O)C(O)[C@H]1O[C@@H](n2cnc3c(N)ncnc32)[C@@]2(O)C(C)(C)[C@@]12O. The van der Waals surface area contributed by atoms with Crippen molar-refractivity contribution in [3.05, 3.63) is 12.7 Å². The fourth-order valence-electron chi connectivity index (χ4n) is 4.13. The molecule has 1 aliphatic heterocycles. The zero-order valence-corrected chi connectivity index (χ0v) is 13.9. The van der Waals surface area contributed by atoms with E-state index in [9.17, 15) is 20.1 Å². The number of nitrogens with two attached hydrogens (primary N) is 1. The second-order valence-corrected chi connectivity index (χ2v) is 7.21. The molecule has 25 heavy (non-hydrogen) atoms. The molecule has 134 valence electrons. The van der Waals surface area contributed by atoms with Crippen molar-refractivity contribution in [1.82, 2.24) is 19.5 Å². The summed E-state index contributed by atoms with van der Waals surface area (Å²) in [6.45, 7) is 4.48. The van der Waals surface area contributed by atoms with E-state index in [4.69, 9.17) is 10.5 Å². The van der Waals surface area contributed by atoms with Gasteiger partial charge in [-0.1, -0.05) is 13.8 Å². The Morgan fingerprint density at radius 3 is 2.64 bits per heavy atom. The molecule has 0 bridgehead atoms. The van der Waals surface area contributed by atoms with E-state index in [1.165, 1.54) is 24.1 Å². The zero-order valence-electron chi connectivity index (χ0n) is 13.9. The number of carbonyl (C=O) groups excluding carboxylic acids is 1. The van der Waals surface area contributed by atoms with Gasteiger partial charge in [0.05, 0.1) is 6.33 Å². The minimum Gasteiger partial charge on any atom is -0.383 e. The van der Waals surface area contributed by atoms with Gasteiger partial charge in [-0.05, 0) is 6.92 Å². The summed E-state index contributed by atoms with van der Waals surface area (Å²) < 4.78 is 7.16. The first-order valence-corrected chi connectivity index (χ1v) is 7.80. The molecule has 10 heteroatoms. The van der Waals surface area contributed by atoms with Gasteiger partial charge in [-0.2, -0.15) is 0 Å². The van der Waals surface area contributed by atoms with Crippen molar-refractivity contribution in [2.45, 2.75) is 50.4 Å². The standard InChI is InChI=1S/C15H19N5O5/c1-6(21)8(22)9-14(23)13(2,3)15(14,24)12(25-9)20-5-19-7-10(16)17-4-18-11(7)20/h4-5,8-9,12,22-24H,1-3H3,(H2,16,17,18)/t8?,9-,12-,14+,15-/m1/s1. The maximum absolute atomic E-state index is 11.6. The summed E-state index contributed by atoms with van der Waals surface area (Å²) >= 11 is 0. The van der Waals surface area contributed by atoms with E-state index >= 15 is 0 Å². The Labute approximate surface area is 142 Å². The molecular weight excluding hydrogens is 330 g/mol. The third-order valence-electron chi connectivity index (χ3n) is 5.81. The summed E-state index contributed by atoms with van der Waals surface area (Å²) in [5, 5.41) is 32.4. The molecule has 5 atom stereocenters. The number of carbonyl (C=O) groups is 1. The minimum absolute atomic E-state index is 0.166. The molecule has 1 saturated carbocycles. The van der Waals surface area contributed by atoms with Crippen LogP contribution in [-0.4, -0.2) is 64.0 Å². The van der Waals surface area contributed by atoms with E-state index in [0.29, 0.717) is 11.2 Å². The van der Waals surface area contributed by atoms with Crippen molar-refractivity contribution in [1.29, 1.82) is 0 Å². The van der Waals surface area contributed by atoms with Crippen LogP contribution in [0.3, 0.4) is 0 Å². The van der Waals surface area contributed by atoms with Gasteiger partial charge in [-0.15, -0.1) is 0 Å².